The van der Waals surface area contributed by atoms with Crippen LogP contribution < -0.4 is 5.32 Å². The molecule has 3 rings (SSSR count). The van der Waals surface area contributed by atoms with E-state index in [-0.39, 0.29) is 0 Å². The lowest BCUT2D eigenvalue weighted by molar-refractivity contribution is -0.0625. The smallest absolute Gasteiger partial charge is 0.0465 e. The van der Waals surface area contributed by atoms with E-state index in [2.05, 4.69) is 34.1 Å². The Hall–Kier alpha value is -0.160. The van der Waals surface area contributed by atoms with Crippen molar-refractivity contribution in [1.82, 2.24) is 20.0 Å². The van der Waals surface area contributed by atoms with Crippen molar-refractivity contribution in [3.05, 3.63) is 0 Å². The number of likely N-dealkylation sites (N-methyl/N-ethyl adjacent to an activating group) is 2. The summed E-state index contributed by atoms with van der Waals surface area (Å²) < 4.78 is 0. The van der Waals surface area contributed by atoms with Crippen molar-refractivity contribution in [1.29, 1.82) is 0 Å². The first-order chi connectivity index (χ1) is 8.20. The van der Waals surface area contributed by atoms with Gasteiger partial charge in [-0.25, -0.2) is 0 Å². The van der Waals surface area contributed by atoms with E-state index in [4.69, 9.17) is 0 Å². The lowest BCUT2D eigenvalue weighted by Gasteiger charge is -2.57. The van der Waals surface area contributed by atoms with E-state index >= 15 is 0 Å². The first-order valence-corrected chi connectivity index (χ1v) is 7.04. The Bertz CT molecular complexity index is 279. The number of piperidine rings is 1. The summed E-state index contributed by atoms with van der Waals surface area (Å²) in [6, 6.07) is 0.731. The first-order valence-electron chi connectivity index (χ1n) is 7.04. The molecule has 0 aromatic rings. The molecule has 98 valence electrons. The SMILES string of the molecule is CN1CCN2C(CNCC23CCCN(C)C3)C1. The van der Waals surface area contributed by atoms with Crippen LogP contribution in [0.3, 0.4) is 0 Å². The summed E-state index contributed by atoms with van der Waals surface area (Å²) in [4.78, 5) is 7.83. The van der Waals surface area contributed by atoms with Crippen molar-refractivity contribution >= 4 is 0 Å². The van der Waals surface area contributed by atoms with Crippen LogP contribution in [0.1, 0.15) is 12.8 Å². The molecule has 3 heterocycles. The topological polar surface area (TPSA) is 21.8 Å². The van der Waals surface area contributed by atoms with Crippen LogP contribution in [0.4, 0.5) is 0 Å². The number of fused-ring (bicyclic) bond motifs is 2. The Kier molecular flexibility index (Phi) is 3.15. The highest BCUT2D eigenvalue weighted by molar-refractivity contribution is 5.05. The molecule has 2 atom stereocenters. The van der Waals surface area contributed by atoms with Gasteiger partial charge in [-0.1, -0.05) is 0 Å². The molecule has 3 aliphatic rings. The Morgan fingerprint density at radius 2 is 2.00 bits per heavy atom. The largest absolute Gasteiger partial charge is 0.313 e. The third-order valence-electron chi connectivity index (χ3n) is 4.88. The van der Waals surface area contributed by atoms with Gasteiger partial charge >= 0.3 is 0 Å². The van der Waals surface area contributed by atoms with Crippen molar-refractivity contribution in [3.63, 3.8) is 0 Å². The predicted octanol–water partition coefficient (Wildman–Crippen LogP) is -0.330. The molecule has 0 aliphatic carbocycles. The Balaban J connectivity index is 1.79. The van der Waals surface area contributed by atoms with E-state index in [9.17, 15) is 0 Å². The molecule has 3 fully saturated rings. The molecule has 1 spiro atoms. The van der Waals surface area contributed by atoms with Crippen molar-refractivity contribution in [2.75, 3.05) is 59.9 Å². The van der Waals surface area contributed by atoms with Gasteiger partial charge < -0.3 is 15.1 Å². The van der Waals surface area contributed by atoms with Crippen LogP contribution in [0.25, 0.3) is 0 Å². The first kappa shape index (κ1) is 11.9. The average Bonchev–Trinajstić information content (AvgIpc) is 2.28. The van der Waals surface area contributed by atoms with Crippen molar-refractivity contribution in [2.45, 2.75) is 24.4 Å². The second-order valence-electron chi connectivity index (χ2n) is 6.31. The third-order valence-corrected chi connectivity index (χ3v) is 4.88. The molecular formula is C13H26N4. The number of likely N-dealkylation sites (tertiary alicyclic amines) is 1. The minimum absolute atomic E-state index is 0.428. The van der Waals surface area contributed by atoms with E-state index < -0.39 is 0 Å². The number of nitrogens with zero attached hydrogens (tertiary/aromatic N) is 3. The number of piperazine rings is 2. The van der Waals surface area contributed by atoms with Gasteiger partial charge in [-0.2, -0.15) is 0 Å². The zero-order valence-electron chi connectivity index (χ0n) is 11.3. The summed E-state index contributed by atoms with van der Waals surface area (Å²) in [7, 11) is 4.53. The van der Waals surface area contributed by atoms with Gasteiger partial charge in [0.1, 0.15) is 0 Å². The highest BCUT2D eigenvalue weighted by Gasteiger charge is 2.46. The lowest BCUT2D eigenvalue weighted by atomic mass is 9.83. The summed E-state index contributed by atoms with van der Waals surface area (Å²) in [5, 5.41) is 3.69. The summed E-state index contributed by atoms with van der Waals surface area (Å²) in [6.07, 6.45) is 2.74. The highest BCUT2D eigenvalue weighted by Crippen LogP contribution is 2.32. The van der Waals surface area contributed by atoms with Crippen LogP contribution in [0, 0.1) is 0 Å². The van der Waals surface area contributed by atoms with Crippen LogP contribution in [-0.2, 0) is 0 Å². The van der Waals surface area contributed by atoms with Crippen LogP contribution in [0.5, 0.6) is 0 Å². The van der Waals surface area contributed by atoms with Crippen LogP contribution in [0.15, 0.2) is 0 Å². The summed E-state index contributed by atoms with van der Waals surface area (Å²) in [5.74, 6) is 0. The monoisotopic (exact) mass is 238 g/mol. The maximum Gasteiger partial charge on any atom is 0.0465 e. The zero-order chi connectivity index (χ0) is 11.9. The molecule has 0 radical (unpaired) electrons. The van der Waals surface area contributed by atoms with Gasteiger partial charge in [-0.15, -0.1) is 0 Å². The molecule has 3 aliphatic heterocycles. The molecule has 3 saturated heterocycles. The molecule has 0 bridgehead atoms. The van der Waals surface area contributed by atoms with Gasteiger partial charge in [0.2, 0.25) is 0 Å². The lowest BCUT2D eigenvalue weighted by Crippen LogP contribution is -2.74. The summed E-state index contributed by atoms with van der Waals surface area (Å²) >= 11 is 0. The molecule has 2 unspecified atom stereocenters. The zero-order valence-corrected chi connectivity index (χ0v) is 11.3. The summed E-state index contributed by atoms with van der Waals surface area (Å²) in [6.45, 7) is 8.63. The van der Waals surface area contributed by atoms with Crippen LogP contribution >= 0.6 is 0 Å². The predicted molar refractivity (Wildman–Crippen MR) is 70.3 cm³/mol. The van der Waals surface area contributed by atoms with Crippen molar-refractivity contribution in [3.8, 4) is 0 Å². The van der Waals surface area contributed by atoms with Crippen molar-refractivity contribution in [2.24, 2.45) is 0 Å². The van der Waals surface area contributed by atoms with Crippen LogP contribution in [-0.4, -0.2) is 86.2 Å². The normalized spacial score (nSPS) is 41.6. The summed E-state index contributed by atoms with van der Waals surface area (Å²) in [5.41, 5.74) is 0.428. The van der Waals surface area contributed by atoms with Gasteiger partial charge in [-0.05, 0) is 33.5 Å². The van der Waals surface area contributed by atoms with Gasteiger partial charge in [0.15, 0.2) is 0 Å². The fraction of sp³-hybridized carbons (Fsp3) is 1.00. The maximum absolute atomic E-state index is 3.69. The minimum atomic E-state index is 0.428. The number of hydrogen-bond donors (Lipinski definition) is 1. The second kappa shape index (κ2) is 4.50. The van der Waals surface area contributed by atoms with E-state index in [1.165, 1.54) is 58.7 Å². The quantitative estimate of drug-likeness (QED) is 0.624. The van der Waals surface area contributed by atoms with E-state index in [1.54, 1.807) is 0 Å². The van der Waals surface area contributed by atoms with Gasteiger partial charge in [0.05, 0.1) is 0 Å². The fourth-order valence-electron chi connectivity index (χ4n) is 4.10. The molecular weight excluding hydrogens is 212 g/mol. The standard InChI is InChI=1S/C13H26N4/c1-15-6-7-17-12(9-15)8-14-10-13(17)4-3-5-16(2)11-13/h12,14H,3-11H2,1-2H3. The van der Waals surface area contributed by atoms with Gasteiger partial charge in [-0.3, -0.25) is 4.90 Å². The molecule has 4 heteroatoms. The van der Waals surface area contributed by atoms with E-state index in [0.717, 1.165) is 6.04 Å². The second-order valence-corrected chi connectivity index (χ2v) is 6.31. The number of hydrogen-bond acceptors (Lipinski definition) is 4. The number of nitrogens with one attached hydrogen (secondary N) is 1. The number of rotatable bonds is 0. The molecule has 0 aromatic carbocycles. The molecule has 0 amide bonds. The fourth-order valence-corrected chi connectivity index (χ4v) is 4.10. The van der Waals surface area contributed by atoms with E-state index in [1.807, 2.05) is 0 Å². The van der Waals surface area contributed by atoms with Gasteiger partial charge in [0, 0.05) is 50.8 Å². The Labute approximate surface area is 105 Å². The average molecular weight is 238 g/mol. The van der Waals surface area contributed by atoms with E-state index in [0.29, 0.717) is 5.54 Å². The van der Waals surface area contributed by atoms with Crippen LogP contribution in [0.2, 0.25) is 0 Å². The Morgan fingerprint density at radius 3 is 2.82 bits per heavy atom. The molecule has 17 heavy (non-hydrogen) atoms. The molecule has 0 saturated carbocycles. The molecule has 1 N–H and O–H groups in total. The minimum Gasteiger partial charge on any atom is -0.313 e. The van der Waals surface area contributed by atoms with Gasteiger partial charge in [0.25, 0.3) is 0 Å². The molecule has 4 nitrogen and oxygen atoms in total. The molecule has 0 aromatic heterocycles. The van der Waals surface area contributed by atoms with Crippen molar-refractivity contribution < 1.29 is 0 Å². The highest BCUT2D eigenvalue weighted by atomic mass is 15.4. The third kappa shape index (κ3) is 2.12. The Morgan fingerprint density at radius 1 is 1.12 bits per heavy atom. The maximum atomic E-state index is 3.69.